The van der Waals surface area contributed by atoms with Crippen LogP contribution in [0.15, 0.2) is 17.2 Å². The SMILES string of the molecule is NN(N)c1nc2nccnc2c(=O)[nH]1. The second kappa shape index (κ2) is 3.01. The number of anilines is 1. The molecule has 0 spiro atoms. The van der Waals surface area contributed by atoms with Crippen LogP contribution in [0.5, 0.6) is 0 Å². The van der Waals surface area contributed by atoms with E-state index >= 15 is 0 Å². The molecule has 2 heterocycles. The molecule has 0 bridgehead atoms. The Hall–Kier alpha value is -2.06. The van der Waals surface area contributed by atoms with Crippen LogP contribution in [0, 0.1) is 0 Å². The molecule has 0 radical (unpaired) electrons. The number of hydrogen-bond donors (Lipinski definition) is 3. The summed E-state index contributed by atoms with van der Waals surface area (Å²) in [6.45, 7) is 0. The van der Waals surface area contributed by atoms with Gasteiger partial charge in [0.1, 0.15) is 0 Å². The molecule has 8 heteroatoms. The zero-order valence-electron chi connectivity index (χ0n) is 7.01. The third-order valence-corrected chi connectivity index (χ3v) is 1.58. The van der Waals surface area contributed by atoms with Gasteiger partial charge in [0.25, 0.3) is 5.56 Å². The van der Waals surface area contributed by atoms with E-state index in [-0.39, 0.29) is 17.1 Å². The van der Waals surface area contributed by atoms with Crippen LogP contribution in [0.4, 0.5) is 5.95 Å². The van der Waals surface area contributed by atoms with Gasteiger partial charge in [0.05, 0.1) is 0 Å². The molecular formula is C6H7N7O. The maximum Gasteiger partial charge on any atom is 0.280 e. The first-order valence-corrected chi connectivity index (χ1v) is 3.69. The largest absolute Gasteiger partial charge is 0.288 e. The molecule has 0 atom stereocenters. The van der Waals surface area contributed by atoms with E-state index in [9.17, 15) is 4.79 Å². The number of nitrogens with two attached hydrogens (primary N) is 2. The van der Waals surface area contributed by atoms with Gasteiger partial charge >= 0.3 is 0 Å². The molecule has 0 aromatic carbocycles. The number of rotatable bonds is 1. The zero-order valence-corrected chi connectivity index (χ0v) is 7.01. The van der Waals surface area contributed by atoms with E-state index in [1.807, 2.05) is 0 Å². The van der Waals surface area contributed by atoms with Gasteiger partial charge < -0.3 is 0 Å². The fourth-order valence-corrected chi connectivity index (χ4v) is 0.984. The lowest BCUT2D eigenvalue weighted by atomic mass is 10.5. The van der Waals surface area contributed by atoms with E-state index in [0.717, 1.165) is 0 Å². The Morgan fingerprint density at radius 2 is 2.00 bits per heavy atom. The first-order valence-electron chi connectivity index (χ1n) is 3.69. The standard InChI is InChI=1S/C6H7N7O/c7-13(8)6-11-4-3(5(14)12-6)9-1-2-10-4/h1-2H,7-8H2,(H,10,11,12,14). The molecule has 0 unspecified atom stereocenters. The Morgan fingerprint density at radius 3 is 2.71 bits per heavy atom. The molecule has 14 heavy (non-hydrogen) atoms. The smallest absolute Gasteiger partial charge is 0.280 e. The summed E-state index contributed by atoms with van der Waals surface area (Å²) in [6, 6.07) is 0. The molecule has 2 aromatic heterocycles. The molecule has 0 saturated carbocycles. The molecule has 5 N–H and O–H groups in total. The zero-order chi connectivity index (χ0) is 10.1. The van der Waals surface area contributed by atoms with Crippen LogP contribution in [-0.2, 0) is 0 Å². The van der Waals surface area contributed by atoms with E-state index in [0.29, 0.717) is 5.12 Å². The van der Waals surface area contributed by atoms with Crippen molar-refractivity contribution >= 4 is 17.1 Å². The van der Waals surface area contributed by atoms with Gasteiger partial charge in [0.2, 0.25) is 5.95 Å². The second-order valence-corrected chi connectivity index (χ2v) is 2.53. The van der Waals surface area contributed by atoms with E-state index in [1.54, 1.807) is 0 Å². The van der Waals surface area contributed by atoms with Crippen LogP contribution >= 0.6 is 0 Å². The van der Waals surface area contributed by atoms with Gasteiger partial charge in [-0.1, -0.05) is 0 Å². The summed E-state index contributed by atoms with van der Waals surface area (Å²) in [5.41, 5.74) is -0.0794. The lowest BCUT2D eigenvalue weighted by molar-refractivity contribution is 0.859. The minimum Gasteiger partial charge on any atom is -0.288 e. The molecule has 0 aliphatic heterocycles. The van der Waals surface area contributed by atoms with Gasteiger partial charge in [-0.3, -0.25) is 9.78 Å². The van der Waals surface area contributed by atoms with E-state index in [2.05, 4.69) is 19.9 Å². The molecule has 0 aliphatic rings. The van der Waals surface area contributed by atoms with Crippen molar-refractivity contribution in [2.24, 2.45) is 11.7 Å². The molecule has 2 rings (SSSR count). The summed E-state index contributed by atoms with van der Waals surface area (Å²) < 4.78 is 0. The quantitative estimate of drug-likeness (QED) is 0.362. The number of H-pyrrole nitrogens is 1. The fraction of sp³-hybridized carbons (Fsp3) is 0. The molecule has 8 nitrogen and oxygen atoms in total. The number of hydrazine groups is 2. The molecular weight excluding hydrogens is 186 g/mol. The van der Waals surface area contributed by atoms with Crippen LogP contribution in [0.1, 0.15) is 0 Å². The van der Waals surface area contributed by atoms with Gasteiger partial charge in [0.15, 0.2) is 11.2 Å². The highest BCUT2D eigenvalue weighted by molar-refractivity contribution is 5.68. The lowest BCUT2D eigenvalue weighted by Crippen LogP contribution is -2.40. The monoisotopic (exact) mass is 193 g/mol. The van der Waals surface area contributed by atoms with Crippen molar-refractivity contribution < 1.29 is 0 Å². The predicted octanol–water partition coefficient (Wildman–Crippen LogP) is -1.73. The fourth-order valence-electron chi connectivity index (χ4n) is 0.984. The normalized spacial score (nSPS) is 10.4. The van der Waals surface area contributed by atoms with Gasteiger partial charge in [-0.2, -0.15) is 4.98 Å². The van der Waals surface area contributed by atoms with Crippen LogP contribution < -0.4 is 22.4 Å². The van der Waals surface area contributed by atoms with Crippen LogP contribution in [-0.4, -0.2) is 19.9 Å². The predicted molar refractivity (Wildman–Crippen MR) is 48.8 cm³/mol. The van der Waals surface area contributed by atoms with Crippen molar-refractivity contribution in [1.29, 1.82) is 0 Å². The Labute approximate surface area is 77.5 Å². The van der Waals surface area contributed by atoms with E-state index in [1.165, 1.54) is 12.4 Å². The molecule has 0 amide bonds. The number of fused-ring (bicyclic) bond motifs is 1. The number of aromatic amines is 1. The topological polar surface area (TPSA) is 127 Å². The second-order valence-electron chi connectivity index (χ2n) is 2.53. The Balaban J connectivity index is 2.79. The Bertz CT molecular complexity index is 519. The molecule has 2 aromatic rings. The van der Waals surface area contributed by atoms with E-state index in [4.69, 9.17) is 11.7 Å². The average Bonchev–Trinajstić information content (AvgIpc) is 2.17. The number of nitrogens with one attached hydrogen (secondary N) is 1. The summed E-state index contributed by atoms with van der Waals surface area (Å²) >= 11 is 0. The maximum absolute atomic E-state index is 11.4. The first-order chi connectivity index (χ1) is 6.68. The summed E-state index contributed by atoms with van der Waals surface area (Å²) in [6.07, 6.45) is 2.83. The molecule has 0 fully saturated rings. The molecule has 0 saturated heterocycles. The summed E-state index contributed by atoms with van der Waals surface area (Å²) in [4.78, 5) is 25.3. The average molecular weight is 193 g/mol. The molecule has 0 aliphatic carbocycles. The number of hydrogen-bond acceptors (Lipinski definition) is 7. The first kappa shape index (κ1) is 8.53. The number of nitrogens with zero attached hydrogens (tertiary/aromatic N) is 4. The van der Waals surface area contributed by atoms with Gasteiger partial charge in [-0.05, 0) is 0 Å². The minimum atomic E-state index is -0.431. The van der Waals surface area contributed by atoms with Crippen molar-refractivity contribution in [1.82, 2.24) is 19.9 Å². The lowest BCUT2D eigenvalue weighted by Gasteiger charge is -2.08. The molecule has 72 valence electrons. The van der Waals surface area contributed by atoms with E-state index < -0.39 is 5.56 Å². The number of aromatic nitrogens is 4. The summed E-state index contributed by atoms with van der Waals surface area (Å²) in [5, 5.41) is 0.704. The Kier molecular flexibility index (Phi) is 1.84. The highest BCUT2D eigenvalue weighted by atomic mass is 16.1. The third kappa shape index (κ3) is 1.28. The van der Waals surface area contributed by atoms with Crippen molar-refractivity contribution in [2.45, 2.75) is 0 Å². The van der Waals surface area contributed by atoms with Crippen molar-refractivity contribution in [2.75, 3.05) is 5.12 Å². The van der Waals surface area contributed by atoms with Crippen molar-refractivity contribution in [3.63, 3.8) is 0 Å². The van der Waals surface area contributed by atoms with Crippen molar-refractivity contribution in [3.05, 3.63) is 22.7 Å². The summed E-state index contributed by atoms with van der Waals surface area (Å²) in [5.74, 6) is 10.4. The van der Waals surface area contributed by atoms with Gasteiger partial charge in [-0.15, -0.1) is 0 Å². The van der Waals surface area contributed by atoms with Gasteiger partial charge in [-0.25, -0.2) is 26.8 Å². The van der Waals surface area contributed by atoms with Gasteiger partial charge in [0, 0.05) is 12.4 Å². The Morgan fingerprint density at radius 1 is 1.29 bits per heavy atom. The van der Waals surface area contributed by atoms with Crippen LogP contribution in [0.3, 0.4) is 0 Å². The maximum atomic E-state index is 11.4. The van der Waals surface area contributed by atoms with Crippen LogP contribution in [0.25, 0.3) is 11.2 Å². The highest BCUT2D eigenvalue weighted by Crippen LogP contribution is 2.01. The van der Waals surface area contributed by atoms with Crippen LogP contribution in [0.2, 0.25) is 0 Å². The third-order valence-electron chi connectivity index (χ3n) is 1.58. The summed E-state index contributed by atoms with van der Waals surface area (Å²) in [7, 11) is 0. The van der Waals surface area contributed by atoms with Crippen molar-refractivity contribution in [3.8, 4) is 0 Å². The highest BCUT2D eigenvalue weighted by Gasteiger charge is 2.06. The minimum absolute atomic E-state index is 0.0306.